The van der Waals surface area contributed by atoms with E-state index in [2.05, 4.69) is 26.3 Å². The second-order valence-electron chi connectivity index (χ2n) is 6.83. The van der Waals surface area contributed by atoms with Crippen LogP contribution in [0.25, 0.3) is 16.6 Å². The number of fused-ring (bicyclic) bond motifs is 3. The molecule has 1 atom stereocenters. The smallest absolute Gasteiger partial charge is 0.291 e. The van der Waals surface area contributed by atoms with Crippen LogP contribution in [0.2, 0.25) is 0 Å². The van der Waals surface area contributed by atoms with Crippen molar-refractivity contribution in [3.63, 3.8) is 0 Å². The summed E-state index contributed by atoms with van der Waals surface area (Å²) in [6, 6.07) is 10.6. The van der Waals surface area contributed by atoms with E-state index >= 15 is 0 Å². The third kappa shape index (κ3) is 3.48. The fourth-order valence-electron chi connectivity index (χ4n) is 3.56. The van der Waals surface area contributed by atoms with Gasteiger partial charge in [0, 0.05) is 29.6 Å². The molecule has 3 heterocycles. The quantitative estimate of drug-likeness (QED) is 0.477. The van der Waals surface area contributed by atoms with Crippen LogP contribution in [0.1, 0.15) is 37.7 Å². The number of hydrogen-bond acceptors (Lipinski definition) is 4. The van der Waals surface area contributed by atoms with E-state index < -0.39 is 6.04 Å². The Morgan fingerprint density at radius 3 is 2.79 bits per heavy atom. The lowest BCUT2D eigenvalue weighted by molar-refractivity contribution is -0.125. The van der Waals surface area contributed by atoms with Gasteiger partial charge in [0.2, 0.25) is 5.91 Å². The van der Waals surface area contributed by atoms with Crippen LogP contribution in [-0.2, 0) is 17.8 Å². The average Bonchev–Trinajstić information content (AvgIpc) is 3.30. The van der Waals surface area contributed by atoms with E-state index in [0.29, 0.717) is 36.3 Å². The SMILES string of the molecule is CCc1nn(C(CC)C(=O)NCc2cccc(Br)c2)c(=O)c2cc3occc3n12. The Labute approximate surface area is 175 Å². The van der Waals surface area contributed by atoms with Gasteiger partial charge in [-0.05, 0) is 24.1 Å². The number of benzene rings is 1. The number of aromatic nitrogens is 3. The van der Waals surface area contributed by atoms with Gasteiger partial charge in [-0.1, -0.05) is 41.9 Å². The predicted molar refractivity (Wildman–Crippen MR) is 114 cm³/mol. The molecule has 0 bridgehead atoms. The summed E-state index contributed by atoms with van der Waals surface area (Å²) < 4.78 is 9.52. The third-order valence-corrected chi connectivity index (χ3v) is 5.48. The normalized spacial score (nSPS) is 12.5. The maximum absolute atomic E-state index is 13.1. The number of rotatable bonds is 6. The maximum Gasteiger partial charge on any atom is 0.291 e. The highest BCUT2D eigenvalue weighted by Crippen LogP contribution is 2.21. The number of nitrogens with zero attached hydrogens (tertiary/aromatic N) is 3. The van der Waals surface area contributed by atoms with Crippen LogP contribution in [0, 0.1) is 0 Å². The number of furan rings is 1. The highest BCUT2D eigenvalue weighted by Gasteiger charge is 2.24. The highest BCUT2D eigenvalue weighted by molar-refractivity contribution is 9.10. The summed E-state index contributed by atoms with van der Waals surface area (Å²) in [5.74, 6) is 0.470. The summed E-state index contributed by atoms with van der Waals surface area (Å²) in [5, 5.41) is 7.46. The number of nitrogens with one attached hydrogen (secondary N) is 1. The monoisotopic (exact) mass is 456 g/mol. The number of aryl methyl sites for hydroxylation is 1. The lowest BCUT2D eigenvalue weighted by Gasteiger charge is -2.18. The Morgan fingerprint density at radius 1 is 1.24 bits per heavy atom. The van der Waals surface area contributed by atoms with E-state index in [9.17, 15) is 9.59 Å². The largest absolute Gasteiger partial charge is 0.463 e. The first kappa shape index (κ1) is 19.4. The number of carbonyl (C=O) groups excluding carboxylic acids is 1. The number of hydrogen-bond donors (Lipinski definition) is 1. The van der Waals surface area contributed by atoms with Gasteiger partial charge in [0.25, 0.3) is 5.56 Å². The van der Waals surface area contributed by atoms with Gasteiger partial charge >= 0.3 is 0 Å². The van der Waals surface area contributed by atoms with E-state index in [1.165, 1.54) is 4.68 Å². The molecule has 0 spiro atoms. The Morgan fingerprint density at radius 2 is 2.07 bits per heavy atom. The van der Waals surface area contributed by atoms with Crippen molar-refractivity contribution in [1.82, 2.24) is 19.5 Å². The first-order valence-corrected chi connectivity index (χ1v) is 10.3. The molecule has 8 heteroatoms. The maximum atomic E-state index is 13.1. The summed E-state index contributed by atoms with van der Waals surface area (Å²) in [6.07, 6.45) is 2.65. The lowest BCUT2D eigenvalue weighted by atomic mass is 10.2. The van der Waals surface area contributed by atoms with Crippen LogP contribution in [0.5, 0.6) is 0 Å². The standard InChI is InChI=1S/C21H21BrN4O3/c1-3-15(20(27)23-12-13-6-5-7-14(22)10-13)26-21(28)17-11-18-16(8-9-29-18)25(17)19(4-2)24-26/h5-11,15H,3-4,12H2,1-2H3,(H,23,27). The Hall–Kier alpha value is -2.87. The van der Waals surface area contributed by atoms with Gasteiger partial charge in [0.15, 0.2) is 5.58 Å². The molecule has 1 amide bonds. The molecule has 4 rings (SSSR count). The van der Waals surface area contributed by atoms with Crippen molar-refractivity contribution in [3.05, 3.63) is 68.9 Å². The first-order valence-electron chi connectivity index (χ1n) is 9.56. The van der Waals surface area contributed by atoms with Crippen LogP contribution in [0.15, 0.2) is 56.3 Å². The van der Waals surface area contributed by atoms with E-state index in [1.807, 2.05) is 48.6 Å². The van der Waals surface area contributed by atoms with Crippen molar-refractivity contribution in [2.45, 2.75) is 39.3 Å². The van der Waals surface area contributed by atoms with Crippen LogP contribution >= 0.6 is 15.9 Å². The Bertz CT molecular complexity index is 1250. The molecule has 1 aromatic carbocycles. The Kier molecular flexibility index (Phi) is 5.27. The summed E-state index contributed by atoms with van der Waals surface area (Å²) in [6.45, 7) is 4.22. The summed E-state index contributed by atoms with van der Waals surface area (Å²) >= 11 is 3.43. The zero-order chi connectivity index (χ0) is 20.5. The molecular weight excluding hydrogens is 436 g/mol. The zero-order valence-corrected chi connectivity index (χ0v) is 17.8. The Balaban J connectivity index is 1.70. The molecular formula is C21H21BrN4O3. The third-order valence-electron chi connectivity index (χ3n) is 4.99. The molecule has 0 saturated carbocycles. The van der Waals surface area contributed by atoms with Crippen molar-refractivity contribution < 1.29 is 9.21 Å². The van der Waals surface area contributed by atoms with Gasteiger partial charge < -0.3 is 9.73 Å². The molecule has 1 unspecified atom stereocenters. The molecule has 4 aromatic rings. The molecule has 29 heavy (non-hydrogen) atoms. The minimum Gasteiger partial charge on any atom is -0.463 e. The van der Waals surface area contributed by atoms with Crippen LogP contribution in [-0.4, -0.2) is 20.1 Å². The van der Waals surface area contributed by atoms with E-state index in [1.54, 1.807) is 12.3 Å². The molecule has 0 aliphatic carbocycles. The molecule has 0 aliphatic rings. The van der Waals surface area contributed by atoms with Crippen LogP contribution in [0.4, 0.5) is 0 Å². The van der Waals surface area contributed by atoms with Gasteiger partial charge in [0.05, 0.1) is 11.8 Å². The van der Waals surface area contributed by atoms with Crippen molar-refractivity contribution in [3.8, 4) is 0 Å². The molecule has 0 fully saturated rings. The van der Waals surface area contributed by atoms with Crippen LogP contribution in [0.3, 0.4) is 0 Å². The summed E-state index contributed by atoms with van der Waals surface area (Å²) in [5.41, 5.74) is 2.56. The van der Waals surface area contributed by atoms with Crippen molar-refractivity contribution in [2.24, 2.45) is 0 Å². The topological polar surface area (TPSA) is 81.5 Å². The minimum absolute atomic E-state index is 0.233. The van der Waals surface area contributed by atoms with Gasteiger partial charge in [-0.2, -0.15) is 5.10 Å². The molecule has 0 saturated heterocycles. The molecule has 150 valence electrons. The van der Waals surface area contributed by atoms with Crippen molar-refractivity contribution >= 4 is 38.5 Å². The molecule has 0 radical (unpaired) electrons. The summed E-state index contributed by atoms with van der Waals surface area (Å²) in [4.78, 5) is 26.0. The second kappa shape index (κ2) is 7.87. The summed E-state index contributed by atoms with van der Waals surface area (Å²) in [7, 11) is 0. The van der Waals surface area contributed by atoms with Crippen LogP contribution < -0.4 is 10.9 Å². The molecule has 3 aromatic heterocycles. The molecule has 0 aliphatic heterocycles. The van der Waals surface area contributed by atoms with Gasteiger partial charge in [0.1, 0.15) is 17.4 Å². The molecule has 7 nitrogen and oxygen atoms in total. The molecule has 1 N–H and O–H groups in total. The van der Waals surface area contributed by atoms with Gasteiger partial charge in [-0.25, -0.2) is 4.68 Å². The number of amides is 1. The second-order valence-corrected chi connectivity index (χ2v) is 7.74. The average molecular weight is 457 g/mol. The number of halogens is 1. The first-order chi connectivity index (χ1) is 14.0. The lowest BCUT2D eigenvalue weighted by Crippen LogP contribution is -2.39. The van der Waals surface area contributed by atoms with Crippen molar-refractivity contribution in [1.29, 1.82) is 0 Å². The van der Waals surface area contributed by atoms with E-state index in [4.69, 9.17) is 4.42 Å². The highest BCUT2D eigenvalue weighted by atomic mass is 79.9. The fraction of sp³-hybridized carbons (Fsp3) is 0.286. The van der Waals surface area contributed by atoms with Gasteiger partial charge in [-0.15, -0.1) is 0 Å². The predicted octanol–water partition coefficient (Wildman–Crippen LogP) is 3.83. The van der Waals surface area contributed by atoms with Crippen molar-refractivity contribution in [2.75, 3.05) is 0 Å². The van der Waals surface area contributed by atoms with E-state index in [0.717, 1.165) is 15.6 Å². The fourth-order valence-corrected chi connectivity index (χ4v) is 4.00. The van der Waals surface area contributed by atoms with E-state index in [-0.39, 0.29) is 11.5 Å². The minimum atomic E-state index is -0.689. The zero-order valence-electron chi connectivity index (χ0n) is 16.2. The number of carbonyl (C=O) groups is 1. The van der Waals surface area contributed by atoms with Gasteiger partial charge in [-0.3, -0.25) is 14.0 Å².